The minimum atomic E-state index is -0.607. The van der Waals surface area contributed by atoms with Crippen LogP contribution in [0.2, 0.25) is 0 Å². The first-order valence-electron chi connectivity index (χ1n) is 20.6. The standard InChI is InChI=1S/C58H36O/c1-3-18-39(19-4-1)57(40-20-5-2-6-21-40)49-28-14-11-26-45(49)46-33-31-38(35-53(46)57)48-36-54-56(47-27-10-9-23-42(47)48)59-55-41-22-8-7-17-37(41)32-34-52(55)58(54)50-29-15-12-24-43(50)44-25-13-16-30-51(44)58/h1-36H. The molecule has 274 valence electrons. The second-order valence-corrected chi connectivity index (χ2v) is 16.2. The van der Waals surface area contributed by atoms with Crippen LogP contribution in [0.3, 0.4) is 0 Å². The molecule has 13 rings (SSSR count). The van der Waals surface area contributed by atoms with Crippen molar-refractivity contribution in [3.8, 4) is 44.9 Å². The molecule has 1 aliphatic heterocycles. The summed E-state index contributed by atoms with van der Waals surface area (Å²) in [6.07, 6.45) is 0. The molecule has 3 aliphatic rings. The van der Waals surface area contributed by atoms with Crippen LogP contribution in [-0.2, 0) is 10.8 Å². The molecular weight excluding hydrogens is 713 g/mol. The van der Waals surface area contributed by atoms with Crippen LogP contribution in [0.5, 0.6) is 11.5 Å². The lowest BCUT2D eigenvalue weighted by molar-refractivity contribution is 0.447. The zero-order valence-electron chi connectivity index (χ0n) is 32.2. The number of benzene rings is 10. The summed E-state index contributed by atoms with van der Waals surface area (Å²) in [7, 11) is 0. The van der Waals surface area contributed by atoms with Crippen molar-refractivity contribution in [3.63, 3.8) is 0 Å². The predicted octanol–water partition coefficient (Wildman–Crippen LogP) is 14.5. The quantitative estimate of drug-likeness (QED) is 0.175. The van der Waals surface area contributed by atoms with Gasteiger partial charge in [-0.3, -0.25) is 0 Å². The summed E-state index contributed by atoms with van der Waals surface area (Å²) in [5, 5.41) is 4.58. The summed E-state index contributed by atoms with van der Waals surface area (Å²) in [6, 6.07) is 81.0. The maximum Gasteiger partial charge on any atom is 0.140 e. The fourth-order valence-electron chi connectivity index (χ4n) is 11.3. The van der Waals surface area contributed by atoms with Gasteiger partial charge in [0.05, 0.1) is 10.8 Å². The second-order valence-electron chi connectivity index (χ2n) is 16.2. The van der Waals surface area contributed by atoms with Gasteiger partial charge >= 0.3 is 0 Å². The Hall–Kier alpha value is -7.48. The maximum atomic E-state index is 7.38. The molecule has 0 N–H and O–H groups in total. The van der Waals surface area contributed by atoms with Crippen molar-refractivity contribution < 1.29 is 4.74 Å². The number of hydrogen-bond acceptors (Lipinski definition) is 1. The third-order valence-electron chi connectivity index (χ3n) is 13.6. The summed E-state index contributed by atoms with van der Waals surface area (Å²) in [4.78, 5) is 0. The Labute approximate surface area is 343 Å². The highest BCUT2D eigenvalue weighted by atomic mass is 16.5. The molecule has 0 bridgehead atoms. The van der Waals surface area contributed by atoms with Crippen LogP contribution in [0.4, 0.5) is 0 Å². The second kappa shape index (κ2) is 12.0. The Kier molecular flexibility index (Phi) is 6.64. The third kappa shape index (κ3) is 4.14. The van der Waals surface area contributed by atoms with Gasteiger partial charge < -0.3 is 4.74 Å². The smallest absolute Gasteiger partial charge is 0.140 e. The summed E-state index contributed by atoms with van der Waals surface area (Å²) >= 11 is 0. The SMILES string of the molecule is c1ccc(C2(c3ccccc3)c3ccccc3-c3ccc(-c4cc5c(c6ccccc46)Oc4c(ccc6ccccc46)C54c5ccccc5-c5ccccc54)cc32)cc1. The molecule has 0 aromatic heterocycles. The van der Waals surface area contributed by atoms with E-state index in [1.165, 1.54) is 88.7 Å². The van der Waals surface area contributed by atoms with E-state index in [0.717, 1.165) is 22.3 Å². The lowest BCUT2D eigenvalue weighted by atomic mass is 9.64. The van der Waals surface area contributed by atoms with Gasteiger partial charge in [0.1, 0.15) is 11.5 Å². The van der Waals surface area contributed by atoms with E-state index in [2.05, 4.69) is 218 Å². The van der Waals surface area contributed by atoms with E-state index >= 15 is 0 Å². The van der Waals surface area contributed by atoms with Gasteiger partial charge in [0.25, 0.3) is 0 Å². The van der Waals surface area contributed by atoms with Crippen LogP contribution in [0.25, 0.3) is 54.9 Å². The van der Waals surface area contributed by atoms with Crippen LogP contribution >= 0.6 is 0 Å². The maximum absolute atomic E-state index is 7.38. The molecule has 0 saturated carbocycles. The van der Waals surface area contributed by atoms with Crippen molar-refractivity contribution in [2.75, 3.05) is 0 Å². The van der Waals surface area contributed by atoms with E-state index in [-0.39, 0.29) is 0 Å². The Bertz CT molecular complexity index is 3270. The van der Waals surface area contributed by atoms with E-state index in [1.54, 1.807) is 0 Å². The van der Waals surface area contributed by atoms with Crippen molar-refractivity contribution in [1.82, 2.24) is 0 Å². The first kappa shape index (κ1) is 32.6. The van der Waals surface area contributed by atoms with Crippen LogP contribution in [-0.4, -0.2) is 0 Å². The number of fused-ring (bicyclic) bond motifs is 16. The minimum Gasteiger partial charge on any atom is -0.455 e. The zero-order chi connectivity index (χ0) is 38.7. The predicted molar refractivity (Wildman–Crippen MR) is 242 cm³/mol. The fourth-order valence-corrected chi connectivity index (χ4v) is 11.3. The van der Waals surface area contributed by atoms with E-state index in [1.807, 2.05) is 0 Å². The Morgan fingerprint density at radius 1 is 0.271 bits per heavy atom. The summed E-state index contributed by atoms with van der Waals surface area (Å²) < 4.78 is 7.38. The van der Waals surface area contributed by atoms with Crippen LogP contribution < -0.4 is 4.74 Å². The number of rotatable bonds is 3. The highest BCUT2D eigenvalue weighted by molar-refractivity contribution is 6.06. The monoisotopic (exact) mass is 748 g/mol. The first-order chi connectivity index (χ1) is 29.3. The summed E-state index contributed by atoms with van der Waals surface area (Å²) in [5.41, 5.74) is 16.5. The average molecular weight is 749 g/mol. The highest BCUT2D eigenvalue weighted by Crippen LogP contribution is 2.65. The van der Waals surface area contributed by atoms with Crippen LogP contribution in [0.15, 0.2) is 218 Å². The molecule has 0 fully saturated rings. The third-order valence-corrected chi connectivity index (χ3v) is 13.6. The molecule has 1 heterocycles. The van der Waals surface area contributed by atoms with Gasteiger partial charge in [-0.2, -0.15) is 0 Å². The molecule has 10 aromatic carbocycles. The Balaban J connectivity index is 1.15. The molecule has 0 amide bonds. The average Bonchev–Trinajstić information content (AvgIpc) is 3.77. The van der Waals surface area contributed by atoms with E-state index in [0.29, 0.717) is 0 Å². The van der Waals surface area contributed by atoms with Gasteiger partial charge in [-0.25, -0.2) is 0 Å². The summed E-state index contributed by atoms with van der Waals surface area (Å²) in [6.45, 7) is 0. The molecule has 10 aromatic rings. The molecule has 59 heavy (non-hydrogen) atoms. The summed E-state index contributed by atoms with van der Waals surface area (Å²) in [5.74, 6) is 1.86. The molecule has 0 radical (unpaired) electrons. The van der Waals surface area contributed by atoms with Gasteiger partial charge in [-0.05, 0) is 89.7 Å². The lowest BCUT2D eigenvalue weighted by Gasteiger charge is -2.40. The van der Waals surface area contributed by atoms with Gasteiger partial charge in [0.2, 0.25) is 0 Å². The molecule has 1 spiro atoms. The lowest BCUT2D eigenvalue weighted by Crippen LogP contribution is -2.32. The van der Waals surface area contributed by atoms with Crippen molar-refractivity contribution >= 4 is 21.5 Å². The van der Waals surface area contributed by atoms with Crippen molar-refractivity contribution in [1.29, 1.82) is 0 Å². The zero-order valence-corrected chi connectivity index (χ0v) is 32.2. The molecule has 0 unspecified atom stereocenters. The van der Waals surface area contributed by atoms with Gasteiger partial charge in [-0.1, -0.05) is 206 Å². The highest BCUT2D eigenvalue weighted by Gasteiger charge is 2.52. The topological polar surface area (TPSA) is 9.23 Å². The fraction of sp³-hybridized carbons (Fsp3) is 0.0345. The van der Waals surface area contributed by atoms with Gasteiger partial charge in [0, 0.05) is 21.9 Å². The largest absolute Gasteiger partial charge is 0.455 e. The molecule has 1 heteroatoms. The molecular formula is C58H36O. The van der Waals surface area contributed by atoms with Crippen molar-refractivity contribution in [2.24, 2.45) is 0 Å². The normalized spacial score (nSPS) is 14.5. The Morgan fingerprint density at radius 3 is 1.41 bits per heavy atom. The van der Waals surface area contributed by atoms with E-state index in [9.17, 15) is 0 Å². The molecule has 2 aliphatic carbocycles. The molecule has 1 nitrogen and oxygen atoms in total. The van der Waals surface area contributed by atoms with E-state index in [4.69, 9.17) is 4.74 Å². The van der Waals surface area contributed by atoms with Gasteiger partial charge in [0.15, 0.2) is 0 Å². The first-order valence-corrected chi connectivity index (χ1v) is 20.6. The minimum absolute atomic E-state index is 0.498. The van der Waals surface area contributed by atoms with Crippen molar-refractivity contribution in [2.45, 2.75) is 10.8 Å². The van der Waals surface area contributed by atoms with Crippen LogP contribution in [0.1, 0.15) is 44.5 Å². The van der Waals surface area contributed by atoms with Crippen LogP contribution in [0, 0.1) is 0 Å². The van der Waals surface area contributed by atoms with E-state index < -0.39 is 10.8 Å². The molecule has 0 saturated heterocycles. The van der Waals surface area contributed by atoms with Gasteiger partial charge in [-0.15, -0.1) is 0 Å². The number of ether oxygens (including phenoxy) is 1. The number of hydrogen-bond donors (Lipinski definition) is 0. The molecule has 0 atom stereocenters. The van der Waals surface area contributed by atoms with Crippen molar-refractivity contribution in [3.05, 3.63) is 263 Å². The Morgan fingerprint density at radius 2 is 0.763 bits per heavy atom.